The zero-order chi connectivity index (χ0) is 13.7. The first-order valence-corrected chi connectivity index (χ1v) is 5.74. The summed E-state index contributed by atoms with van der Waals surface area (Å²) in [6.45, 7) is 2.01. The van der Waals surface area contributed by atoms with Gasteiger partial charge in [-0.25, -0.2) is 13.2 Å². The van der Waals surface area contributed by atoms with Gasteiger partial charge in [0.15, 0.2) is 0 Å². The molecule has 1 aromatic rings. The Morgan fingerprint density at radius 2 is 2.00 bits per heavy atom. The lowest BCUT2D eigenvalue weighted by molar-refractivity contribution is 0.0922. The Morgan fingerprint density at radius 3 is 2.50 bits per heavy atom. The Labute approximate surface area is 105 Å². The minimum atomic E-state index is -2.36. The Bertz CT molecular complexity index is 356. The standard InChI is InChI=1S/C12H18F3N3/c1-8(6-18(2)7-11(14)15)12(16)10-4-3-9(13)5-17-10/h3-5,8,11-12H,6-7,16H2,1-2H3. The van der Waals surface area contributed by atoms with Crippen molar-refractivity contribution in [2.75, 3.05) is 20.1 Å². The fourth-order valence-corrected chi connectivity index (χ4v) is 1.79. The summed E-state index contributed by atoms with van der Waals surface area (Å²) < 4.78 is 37.1. The molecule has 0 aromatic carbocycles. The lowest BCUT2D eigenvalue weighted by atomic mass is 9.99. The largest absolute Gasteiger partial charge is 0.322 e. The van der Waals surface area contributed by atoms with Crippen molar-refractivity contribution < 1.29 is 13.2 Å². The highest BCUT2D eigenvalue weighted by atomic mass is 19.3. The lowest BCUT2D eigenvalue weighted by Gasteiger charge is -2.25. The third kappa shape index (κ3) is 4.62. The van der Waals surface area contributed by atoms with Gasteiger partial charge < -0.3 is 10.6 Å². The fourth-order valence-electron chi connectivity index (χ4n) is 1.79. The van der Waals surface area contributed by atoms with E-state index in [1.54, 1.807) is 7.05 Å². The highest BCUT2D eigenvalue weighted by molar-refractivity contribution is 5.10. The van der Waals surface area contributed by atoms with E-state index in [1.165, 1.54) is 17.0 Å². The maximum absolute atomic E-state index is 12.7. The summed E-state index contributed by atoms with van der Waals surface area (Å²) in [6.07, 6.45) is -1.26. The van der Waals surface area contributed by atoms with Crippen LogP contribution in [0.3, 0.4) is 0 Å². The van der Waals surface area contributed by atoms with Crippen LogP contribution in [-0.4, -0.2) is 36.4 Å². The van der Waals surface area contributed by atoms with Crippen molar-refractivity contribution in [3.63, 3.8) is 0 Å². The van der Waals surface area contributed by atoms with E-state index in [1.807, 2.05) is 6.92 Å². The summed E-state index contributed by atoms with van der Waals surface area (Å²) in [5, 5.41) is 0. The van der Waals surface area contributed by atoms with E-state index in [4.69, 9.17) is 5.73 Å². The average Bonchev–Trinajstić information content (AvgIpc) is 2.27. The second-order valence-electron chi connectivity index (χ2n) is 4.52. The van der Waals surface area contributed by atoms with Gasteiger partial charge in [-0.2, -0.15) is 0 Å². The van der Waals surface area contributed by atoms with Crippen molar-refractivity contribution >= 4 is 0 Å². The Hall–Kier alpha value is -1.14. The molecule has 0 amide bonds. The van der Waals surface area contributed by atoms with Crippen LogP contribution in [-0.2, 0) is 0 Å². The van der Waals surface area contributed by atoms with Crippen LogP contribution < -0.4 is 5.73 Å². The summed E-state index contributed by atoms with van der Waals surface area (Å²) in [4.78, 5) is 5.43. The lowest BCUT2D eigenvalue weighted by Crippen LogP contribution is -2.34. The van der Waals surface area contributed by atoms with Gasteiger partial charge in [0.1, 0.15) is 5.82 Å². The van der Waals surface area contributed by atoms with E-state index >= 15 is 0 Å². The van der Waals surface area contributed by atoms with E-state index < -0.39 is 18.3 Å². The van der Waals surface area contributed by atoms with Gasteiger partial charge in [0.05, 0.1) is 24.5 Å². The van der Waals surface area contributed by atoms with Crippen LogP contribution in [0.4, 0.5) is 13.2 Å². The quantitative estimate of drug-likeness (QED) is 0.852. The number of hydrogen-bond acceptors (Lipinski definition) is 3. The second kappa shape index (κ2) is 6.70. The smallest absolute Gasteiger partial charge is 0.251 e. The van der Waals surface area contributed by atoms with Gasteiger partial charge in [-0.15, -0.1) is 0 Å². The number of nitrogens with zero attached hydrogens (tertiary/aromatic N) is 2. The molecule has 18 heavy (non-hydrogen) atoms. The Morgan fingerprint density at radius 1 is 1.33 bits per heavy atom. The maximum Gasteiger partial charge on any atom is 0.251 e. The molecule has 0 radical (unpaired) electrons. The SMILES string of the molecule is CC(CN(C)CC(F)F)C(N)c1ccc(F)cn1. The van der Waals surface area contributed by atoms with Gasteiger partial charge >= 0.3 is 0 Å². The predicted octanol–water partition coefficient (Wildman–Crippen LogP) is 2.05. The molecule has 6 heteroatoms. The van der Waals surface area contributed by atoms with E-state index in [0.29, 0.717) is 12.2 Å². The first-order valence-electron chi connectivity index (χ1n) is 5.74. The van der Waals surface area contributed by atoms with E-state index in [2.05, 4.69) is 4.98 Å². The summed E-state index contributed by atoms with van der Waals surface area (Å²) in [6, 6.07) is 2.41. The number of rotatable bonds is 6. The number of nitrogens with two attached hydrogens (primary N) is 1. The molecule has 2 unspecified atom stereocenters. The van der Waals surface area contributed by atoms with Crippen molar-refractivity contribution in [1.29, 1.82) is 0 Å². The monoisotopic (exact) mass is 261 g/mol. The number of hydrogen-bond donors (Lipinski definition) is 1. The summed E-state index contributed by atoms with van der Waals surface area (Å²) in [7, 11) is 1.62. The molecule has 0 saturated heterocycles. The minimum absolute atomic E-state index is 0.0493. The minimum Gasteiger partial charge on any atom is -0.322 e. The normalized spacial score (nSPS) is 15.1. The van der Waals surface area contributed by atoms with E-state index in [-0.39, 0.29) is 12.5 Å². The van der Waals surface area contributed by atoms with Crippen molar-refractivity contribution in [1.82, 2.24) is 9.88 Å². The second-order valence-corrected chi connectivity index (χ2v) is 4.52. The van der Waals surface area contributed by atoms with Gasteiger partial charge in [-0.3, -0.25) is 4.98 Å². The molecular formula is C12H18F3N3. The molecule has 1 aromatic heterocycles. The number of aromatic nitrogens is 1. The van der Waals surface area contributed by atoms with Crippen LogP contribution in [0.2, 0.25) is 0 Å². The van der Waals surface area contributed by atoms with Crippen LogP contribution in [0.5, 0.6) is 0 Å². The van der Waals surface area contributed by atoms with Gasteiger partial charge in [0.2, 0.25) is 0 Å². The highest BCUT2D eigenvalue weighted by Gasteiger charge is 2.19. The van der Waals surface area contributed by atoms with Crippen LogP contribution in [0.1, 0.15) is 18.7 Å². The third-order valence-electron chi connectivity index (χ3n) is 2.75. The first kappa shape index (κ1) is 14.9. The summed E-state index contributed by atoms with van der Waals surface area (Å²) in [5.74, 6) is -0.472. The van der Waals surface area contributed by atoms with Crippen LogP contribution in [0.15, 0.2) is 18.3 Å². The molecule has 0 bridgehead atoms. The van der Waals surface area contributed by atoms with Crippen LogP contribution in [0.25, 0.3) is 0 Å². The van der Waals surface area contributed by atoms with Gasteiger partial charge in [-0.1, -0.05) is 6.92 Å². The molecule has 1 rings (SSSR count). The molecule has 0 aliphatic rings. The predicted molar refractivity (Wildman–Crippen MR) is 63.8 cm³/mol. The maximum atomic E-state index is 12.7. The highest BCUT2D eigenvalue weighted by Crippen LogP contribution is 2.18. The Balaban J connectivity index is 2.55. The molecule has 0 saturated carbocycles. The third-order valence-corrected chi connectivity index (χ3v) is 2.75. The fraction of sp³-hybridized carbons (Fsp3) is 0.583. The Kier molecular flexibility index (Phi) is 5.55. The molecule has 0 aliphatic heterocycles. The van der Waals surface area contributed by atoms with Crippen molar-refractivity contribution in [3.8, 4) is 0 Å². The molecular weight excluding hydrogens is 243 g/mol. The molecule has 2 atom stereocenters. The van der Waals surface area contributed by atoms with Crippen molar-refractivity contribution in [2.24, 2.45) is 11.7 Å². The van der Waals surface area contributed by atoms with Crippen molar-refractivity contribution in [2.45, 2.75) is 19.4 Å². The molecule has 0 spiro atoms. The average molecular weight is 261 g/mol. The van der Waals surface area contributed by atoms with Gasteiger partial charge in [0.25, 0.3) is 6.43 Å². The van der Waals surface area contributed by atoms with E-state index in [9.17, 15) is 13.2 Å². The molecule has 3 nitrogen and oxygen atoms in total. The number of alkyl halides is 2. The number of halogens is 3. The zero-order valence-electron chi connectivity index (χ0n) is 10.5. The van der Waals surface area contributed by atoms with Crippen LogP contribution >= 0.6 is 0 Å². The first-order chi connectivity index (χ1) is 8.40. The summed E-state index contributed by atoms with van der Waals surface area (Å²) >= 11 is 0. The van der Waals surface area contributed by atoms with Crippen LogP contribution in [0, 0.1) is 11.7 Å². The van der Waals surface area contributed by atoms with Gasteiger partial charge in [0, 0.05) is 6.54 Å². The molecule has 102 valence electrons. The number of pyridine rings is 1. The van der Waals surface area contributed by atoms with Crippen molar-refractivity contribution in [3.05, 3.63) is 29.8 Å². The molecule has 2 N–H and O–H groups in total. The van der Waals surface area contributed by atoms with Gasteiger partial charge in [-0.05, 0) is 25.1 Å². The van der Waals surface area contributed by atoms with E-state index in [0.717, 1.165) is 6.20 Å². The topological polar surface area (TPSA) is 42.1 Å². The molecule has 0 aliphatic carbocycles. The molecule has 1 heterocycles. The summed E-state index contributed by atoms with van der Waals surface area (Å²) in [5.41, 5.74) is 6.53. The zero-order valence-corrected chi connectivity index (χ0v) is 10.5. The molecule has 0 fully saturated rings.